The number of carbonyl (C=O) groups excluding carboxylic acids is 1. The summed E-state index contributed by atoms with van der Waals surface area (Å²) in [6.45, 7) is 0. The number of aromatic nitrogens is 1. The Hall–Kier alpha value is -1.19. The van der Waals surface area contributed by atoms with Gasteiger partial charge in [-0.3, -0.25) is 4.79 Å². The van der Waals surface area contributed by atoms with Crippen LogP contribution in [-0.2, 0) is 7.05 Å². The van der Waals surface area contributed by atoms with Crippen LogP contribution < -0.4 is 5.73 Å². The predicted octanol–water partition coefficient (Wildman–Crippen LogP) is 2.58. The number of primary amides is 1. The quantitative estimate of drug-likeness (QED) is 0.822. The molecule has 5 heteroatoms. The van der Waals surface area contributed by atoms with Gasteiger partial charge in [0.1, 0.15) is 5.69 Å². The van der Waals surface area contributed by atoms with Crippen LogP contribution in [0.1, 0.15) is 10.5 Å². The van der Waals surface area contributed by atoms with Crippen molar-refractivity contribution in [3.8, 4) is 0 Å². The maximum atomic E-state index is 11.2. The highest BCUT2D eigenvalue weighted by molar-refractivity contribution is 6.44. The second-order valence-corrected chi connectivity index (χ2v) is 4.00. The molecule has 1 heterocycles. The molecule has 0 saturated carbocycles. The monoisotopic (exact) mass is 242 g/mol. The summed E-state index contributed by atoms with van der Waals surface area (Å²) in [4.78, 5) is 11.2. The number of hydrogen-bond donors (Lipinski definition) is 1. The molecule has 78 valence electrons. The molecule has 0 aliphatic heterocycles. The van der Waals surface area contributed by atoms with Crippen LogP contribution in [-0.4, -0.2) is 10.5 Å². The van der Waals surface area contributed by atoms with E-state index >= 15 is 0 Å². The Bertz CT molecular complexity index is 560. The normalized spacial score (nSPS) is 10.9. The minimum atomic E-state index is -0.560. The molecular formula is C10H8Cl2N2O. The fourth-order valence-electron chi connectivity index (χ4n) is 1.67. The highest BCUT2D eigenvalue weighted by Gasteiger charge is 2.18. The molecular weight excluding hydrogens is 235 g/mol. The van der Waals surface area contributed by atoms with Gasteiger partial charge in [0.2, 0.25) is 0 Å². The summed E-state index contributed by atoms with van der Waals surface area (Å²) in [5.41, 5.74) is 6.31. The number of halogens is 2. The van der Waals surface area contributed by atoms with E-state index in [1.54, 1.807) is 23.7 Å². The Labute approximate surface area is 96.4 Å². The van der Waals surface area contributed by atoms with E-state index in [0.29, 0.717) is 15.4 Å². The standard InChI is InChI=1S/C10H8Cl2N2O/c1-14-6-4-2-3-5(11)7(6)8(12)9(14)10(13)15/h2-4H,1H3,(H2,13,15). The van der Waals surface area contributed by atoms with E-state index in [1.165, 1.54) is 0 Å². The molecule has 1 aromatic carbocycles. The van der Waals surface area contributed by atoms with Crippen molar-refractivity contribution in [3.63, 3.8) is 0 Å². The topological polar surface area (TPSA) is 48.0 Å². The van der Waals surface area contributed by atoms with Crippen LogP contribution in [0.4, 0.5) is 0 Å². The van der Waals surface area contributed by atoms with E-state index in [9.17, 15) is 4.79 Å². The summed E-state index contributed by atoms with van der Waals surface area (Å²) in [5, 5.41) is 1.49. The van der Waals surface area contributed by atoms with Crippen LogP contribution in [0, 0.1) is 0 Å². The van der Waals surface area contributed by atoms with Crippen LogP contribution in [0.5, 0.6) is 0 Å². The summed E-state index contributed by atoms with van der Waals surface area (Å²) < 4.78 is 1.64. The minimum Gasteiger partial charge on any atom is -0.364 e. The number of nitrogens with two attached hydrogens (primary N) is 1. The first kappa shape index (κ1) is 10.3. The molecule has 0 fully saturated rings. The van der Waals surface area contributed by atoms with Gasteiger partial charge in [0.25, 0.3) is 5.91 Å². The smallest absolute Gasteiger partial charge is 0.266 e. The Balaban J connectivity index is 2.98. The molecule has 0 radical (unpaired) electrons. The van der Waals surface area contributed by atoms with Crippen LogP contribution in [0.2, 0.25) is 10.0 Å². The first-order valence-electron chi connectivity index (χ1n) is 4.26. The number of rotatable bonds is 1. The third-order valence-electron chi connectivity index (χ3n) is 2.35. The molecule has 2 aromatic rings. The average Bonchev–Trinajstić information content (AvgIpc) is 2.40. The molecule has 2 rings (SSSR count). The van der Waals surface area contributed by atoms with E-state index in [-0.39, 0.29) is 5.69 Å². The summed E-state index contributed by atoms with van der Waals surface area (Å²) in [6.07, 6.45) is 0. The summed E-state index contributed by atoms with van der Waals surface area (Å²) in [6, 6.07) is 5.35. The van der Waals surface area contributed by atoms with Crippen LogP contribution in [0.3, 0.4) is 0 Å². The van der Waals surface area contributed by atoms with E-state index in [0.717, 1.165) is 5.52 Å². The Morgan fingerprint density at radius 3 is 2.60 bits per heavy atom. The van der Waals surface area contributed by atoms with Crippen molar-refractivity contribution in [3.05, 3.63) is 33.9 Å². The van der Waals surface area contributed by atoms with Crippen molar-refractivity contribution in [1.82, 2.24) is 4.57 Å². The highest BCUT2D eigenvalue weighted by Crippen LogP contribution is 2.34. The molecule has 0 aliphatic carbocycles. The van der Waals surface area contributed by atoms with Gasteiger partial charge in [-0.2, -0.15) is 0 Å². The highest BCUT2D eigenvalue weighted by atomic mass is 35.5. The van der Waals surface area contributed by atoms with Crippen molar-refractivity contribution in [2.75, 3.05) is 0 Å². The van der Waals surface area contributed by atoms with Gasteiger partial charge in [0.15, 0.2) is 0 Å². The van der Waals surface area contributed by atoms with Crippen LogP contribution in [0.15, 0.2) is 18.2 Å². The molecule has 15 heavy (non-hydrogen) atoms. The lowest BCUT2D eigenvalue weighted by Gasteiger charge is -1.99. The number of hydrogen-bond acceptors (Lipinski definition) is 1. The van der Waals surface area contributed by atoms with Crippen molar-refractivity contribution >= 4 is 40.0 Å². The molecule has 0 unspecified atom stereocenters. The minimum absolute atomic E-state index is 0.278. The Morgan fingerprint density at radius 1 is 1.40 bits per heavy atom. The van der Waals surface area contributed by atoms with Crippen molar-refractivity contribution in [1.29, 1.82) is 0 Å². The number of nitrogens with zero attached hydrogens (tertiary/aromatic N) is 1. The zero-order valence-corrected chi connectivity index (χ0v) is 9.43. The second kappa shape index (κ2) is 3.43. The maximum absolute atomic E-state index is 11.2. The van der Waals surface area contributed by atoms with Crippen molar-refractivity contribution < 1.29 is 4.79 Å². The van der Waals surface area contributed by atoms with Gasteiger partial charge in [0.05, 0.1) is 15.6 Å². The summed E-state index contributed by atoms with van der Waals surface area (Å²) in [7, 11) is 1.73. The number of carbonyl (C=O) groups is 1. The Morgan fingerprint density at radius 2 is 2.07 bits per heavy atom. The molecule has 0 aliphatic rings. The van der Waals surface area contributed by atoms with E-state index < -0.39 is 5.91 Å². The van der Waals surface area contributed by atoms with Gasteiger partial charge in [-0.25, -0.2) is 0 Å². The maximum Gasteiger partial charge on any atom is 0.266 e. The number of fused-ring (bicyclic) bond motifs is 1. The SMILES string of the molecule is Cn1c(C(N)=O)c(Cl)c2c(Cl)cccc21. The molecule has 1 amide bonds. The zero-order valence-electron chi connectivity index (χ0n) is 7.92. The second-order valence-electron chi connectivity index (χ2n) is 3.22. The number of aryl methyl sites for hydroxylation is 1. The number of amides is 1. The molecule has 2 N–H and O–H groups in total. The molecule has 0 saturated heterocycles. The third-order valence-corrected chi connectivity index (χ3v) is 3.03. The molecule has 0 atom stereocenters. The average molecular weight is 243 g/mol. The van der Waals surface area contributed by atoms with Crippen molar-refractivity contribution in [2.24, 2.45) is 12.8 Å². The Kier molecular flexibility index (Phi) is 2.37. The van der Waals surface area contributed by atoms with Gasteiger partial charge in [-0.1, -0.05) is 29.3 Å². The van der Waals surface area contributed by atoms with Gasteiger partial charge >= 0.3 is 0 Å². The fraction of sp³-hybridized carbons (Fsp3) is 0.100. The third kappa shape index (κ3) is 1.39. The predicted molar refractivity (Wildman–Crippen MR) is 61.5 cm³/mol. The van der Waals surface area contributed by atoms with Gasteiger partial charge in [-0.15, -0.1) is 0 Å². The summed E-state index contributed by atoms with van der Waals surface area (Å²) >= 11 is 12.1. The van der Waals surface area contributed by atoms with E-state index in [4.69, 9.17) is 28.9 Å². The first-order valence-corrected chi connectivity index (χ1v) is 5.02. The van der Waals surface area contributed by atoms with E-state index in [1.807, 2.05) is 6.07 Å². The fourth-order valence-corrected chi connectivity index (χ4v) is 2.40. The largest absolute Gasteiger partial charge is 0.364 e. The first-order chi connectivity index (χ1) is 7.04. The molecule has 1 aromatic heterocycles. The lowest BCUT2D eigenvalue weighted by atomic mass is 10.2. The van der Waals surface area contributed by atoms with Crippen LogP contribution in [0.25, 0.3) is 10.9 Å². The van der Waals surface area contributed by atoms with Gasteiger partial charge in [0, 0.05) is 12.4 Å². The van der Waals surface area contributed by atoms with Crippen LogP contribution >= 0.6 is 23.2 Å². The lowest BCUT2D eigenvalue weighted by Crippen LogP contribution is -2.15. The lowest BCUT2D eigenvalue weighted by molar-refractivity contribution is 0.0993. The zero-order chi connectivity index (χ0) is 11.2. The molecule has 0 bridgehead atoms. The van der Waals surface area contributed by atoms with Crippen molar-refractivity contribution in [2.45, 2.75) is 0 Å². The molecule has 3 nitrogen and oxygen atoms in total. The number of benzene rings is 1. The van der Waals surface area contributed by atoms with E-state index in [2.05, 4.69) is 0 Å². The molecule has 0 spiro atoms. The summed E-state index contributed by atoms with van der Waals surface area (Å²) in [5.74, 6) is -0.560. The van der Waals surface area contributed by atoms with Gasteiger partial charge < -0.3 is 10.3 Å². The van der Waals surface area contributed by atoms with Gasteiger partial charge in [-0.05, 0) is 12.1 Å².